The van der Waals surface area contributed by atoms with E-state index in [9.17, 15) is 0 Å². The Bertz CT molecular complexity index is 1410. The Hall–Kier alpha value is -4.19. The third kappa shape index (κ3) is 5.80. The molecule has 12 heteroatoms. The van der Waals surface area contributed by atoms with E-state index in [4.69, 9.17) is 14.2 Å². The Balaban J connectivity index is 1.50. The number of pyridine rings is 1. The van der Waals surface area contributed by atoms with Gasteiger partial charge in [0.1, 0.15) is 22.9 Å². The maximum Gasteiger partial charge on any atom is 0.240 e. The smallest absolute Gasteiger partial charge is 0.240 e. The molecular weight excluding hydrogens is 498 g/mol. The quantitative estimate of drug-likeness (QED) is 0.376. The lowest BCUT2D eigenvalue weighted by molar-refractivity contribution is 0.173. The van der Waals surface area contributed by atoms with Crippen molar-refractivity contribution >= 4 is 11.6 Å². The van der Waals surface area contributed by atoms with Gasteiger partial charge >= 0.3 is 0 Å². The Kier molecular flexibility index (Phi) is 7.92. The number of nitrogens with zero attached hydrogens (tertiary/aromatic N) is 8. The highest BCUT2D eigenvalue weighted by Gasteiger charge is 2.21. The van der Waals surface area contributed by atoms with Gasteiger partial charge in [0.05, 0.1) is 38.1 Å². The van der Waals surface area contributed by atoms with E-state index in [0.29, 0.717) is 48.0 Å². The predicted octanol–water partition coefficient (Wildman–Crippen LogP) is 3.78. The Morgan fingerprint density at radius 2 is 1.97 bits per heavy atom. The number of hydrogen-bond donors (Lipinski definition) is 1. The summed E-state index contributed by atoms with van der Waals surface area (Å²) in [5.74, 6) is 3.50. The van der Waals surface area contributed by atoms with Gasteiger partial charge in [0.25, 0.3) is 0 Å². The number of aromatic nitrogens is 7. The molecule has 39 heavy (non-hydrogen) atoms. The largest absolute Gasteiger partial charge is 0.490 e. The van der Waals surface area contributed by atoms with E-state index in [-0.39, 0.29) is 6.10 Å². The monoisotopic (exact) mass is 533 g/mol. The molecule has 1 aliphatic rings. The van der Waals surface area contributed by atoms with Gasteiger partial charge in [0, 0.05) is 50.2 Å². The van der Waals surface area contributed by atoms with E-state index in [2.05, 4.69) is 49.2 Å². The van der Waals surface area contributed by atoms with Crippen molar-refractivity contribution < 1.29 is 14.2 Å². The lowest BCUT2D eigenvalue weighted by Crippen LogP contribution is -2.27. The van der Waals surface area contributed by atoms with E-state index < -0.39 is 0 Å². The molecule has 5 rings (SSSR count). The van der Waals surface area contributed by atoms with Crippen molar-refractivity contribution in [3.8, 4) is 40.0 Å². The number of fused-ring (bicyclic) bond motifs is 6. The first-order valence-electron chi connectivity index (χ1n) is 13.2. The molecule has 0 fully saturated rings. The zero-order chi connectivity index (χ0) is 27.4. The molecule has 0 aliphatic carbocycles. The van der Waals surface area contributed by atoms with Crippen LogP contribution in [0.5, 0.6) is 17.5 Å². The van der Waals surface area contributed by atoms with Crippen LogP contribution in [0.4, 0.5) is 11.6 Å². The van der Waals surface area contributed by atoms with Crippen molar-refractivity contribution in [1.82, 2.24) is 39.4 Å². The van der Waals surface area contributed by atoms with Gasteiger partial charge in [-0.3, -0.25) is 4.68 Å². The predicted molar refractivity (Wildman–Crippen MR) is 148 cm³/mol. The average molecular weight is 534 g/mol. The lowest BCUT2D eigenvalue weighted by Gasteiger charge is -2.19. The van der Waals surface area contributed by atoms with Gasteiger partial charge in [0.2, 0.25) is 11.8 Å². The molecule has 0 aromatic carbocycles. The fourth-order valence-corrected chi connectivity index (χ4v) is 4.48. The van der Waals surface area contributed by atoms with Crippen LogP contribution in [0.2, 0.25) is 0 Å². The fourth-order valence-electron chi connectivity index (χ4n) is 4.48. The molecule has 206 valence electrons. The van der Waals surface area contributed by atoms with Crippen molar-refractivity contribution in [2.24, 2.45) is 7.05 Å². The van der Waals surface area contributed by atoms with E-state index in [1.807, 2.05) is 30.9 Å². The van der Waals surface area contributed by atoms with Crippen LogP contribution in [0.3, 0.4) is 0 Å². The maximum absolute atomic E-state index is 6.47. The second kappa shape index (κ2) is 11.7. The Morgan fingerprint density at radius 3 is 2.77 bits per heavy atom. The van der Waals surface area contributed by atoms with E-state index >= 15 is 0 Å². The molecule has 0 saturated carbocycles. The molecule has 5 heterocycles. The van der Waals surface area contributed by atoms with Gasteiger partial charge in [-0.15, -0.1) is 5.10 Å². The highest BCUT2D eigenvalue weighted by molar-refractivity contribution is 5.75. The molecule has 4 aromatic rings. The van der Waals surface area contributed by atoms with E-state index in [1.165, 1.54) is 0 Å². The summed E-state index contributed by atoms with van der Waals surface area (Å²) in [7, 11) is 3.46. The van der Waals surface area contributed by atoms with Crippen molar-refractivity contribution in [3.05, 3.63) is 36.9 Å². The number of aryl methyl sites for hydroxylation is 1. The van der Waals surface area contributed by atoms with Crippen LogP contribution in [0.15, 0.2) is 36.9 Å². The van der Waals surface area contributed by atoms with Crippen molar-refractivity contribution in [2.45, 2.75) is 39.8 Å². The molecule has 1 atom stereocenters. The molecule has 4 aromatic heterocycles. The minimum Gasteiger partial charge on any atom is -0.490 e. The summed E-state index contributed by atoms with van der Waals surface area (Å²) in [6.07, 6.45) is 7.68. The summed E-state index contributed by atoms with van der Waals surface area (Å²) in [5.41, 5.74) is 2.34. The topological polar surface area (TPSA) is 117 Å². The molecule has 0 unspecified atom stereocenters. The second-order valence-corrected chi connectivity index (χ2v) is 9.35. The minimum atomic E-state index is -0.142. The van der Waals surface area contributed by atoms with Crippen molar-refractivity contribution in [2.75, 3.05) is 38.7 Å². The van der Waals surface area contributed by atoms with E-state index in [1.54, 1.807) is 36.4 Å². The number of methoxy groups -OCH3 is 1. The Morgan fingerprint density at radius 1 is 1.13 bits per heavy atom. The zero-order valence-corrected chi connectivity index (χ0v) is 23.1. The second-order valence-electron chi connectivity index (χ2n) is 9.35. The van der Waals surface area contributed by atoms with Gasteiger partial charge in [-0.25, -0.2) is 19.6 Å². The van der Waals surface area contributed by atoms with Crippen LogP contribution in [0, 0.1) is 0 Å². The molecule has 0 amide bonds. The third-order valence-corrected chi connectivity index (χ3v) is 6.75. The van der Waals surface area contributed by atoms with Gasteiger partial charge in [-0.05, 0) is 26.1 Å². The molecule has 0 radical (unpaired) electrons. The first-order valence-corrected chi connectivity index (χ1v) is 13.2. The maximum atomic E-state index is 6.47. The normalized spacial score (nSPS) is 15.1. The first kappa shape index (κ1) is 26.4. The molecule has 12 nitrogen and oxygen atoms in total. The van der Waals surface area contributed by atoms with Gasteiger partial charge in [0.15, 0.2) is 5.82 Å². The average Bonchev–Trinajstić information content (AvgIpc) is 3.52. The highest BCUT2D eigenvalue weighted by atomic mass is 16.5. The molecular formula is C27H35N9O3. The molecule has 1 N–H and O–H groups in total. The van der Waals surface area contributed by atoms with E-state index in [0.717, 1.165) is 42.9 Å². The number of likely N-dealkylation sites (N-methyl/N-ethyl adjacent to an activating group) is 1. The Labute approximate surface area is 227 Å². The highest BCUT2D eigenvalue weighted by Crippen LogP contribution is 2.38. The minimum absolute atomic E-state index is 0.142. The van der Waals surface area contributed by atoms with Crippen LogP contribution in [-0.4, -0.2) is 78.9 Å². The summed E-state index contributed by atoms with van der Waals surface area (Å²) in [6, 6.07) is 3.66. The summed E-state index contributed by atoms with van der Waals surface area (Å²) in [6.45, 7) is 10.4. The number of nitrogens with one attached hydrogen (secondary N) is 1. The molecule has 4 bridgehead atoms. The SMILES string of the molecule is CCN(CC)CCn1cc(-c2cnc3cc2O[C@@H](C)CCOc2c(cnn2C)-c2nccc(n2)N3)c(OC)n1. The summed E-state index contributed by atoms with van der Waals surface area (Å²) >= 11 is 0. The first-order chi connectivity index (χ1) is 19.0. The van der Waals surface area contributed by atoms with Gasteiger partial charge < -0.3 is 24.4 Å². The van der Waals surface area contributed by atoms with Crippen LogP contribution < -0.4 is 19.5 Å². The number of rotatable bonds is 7. The summed E-state index contributed by atoms with van der Waals surface area (Å²) < 4.78 is 21.8. The van der Waals surface area contributed by atoms with Crippen molar-refractivity contribution in [1.29, 1.82) is 0 Å². The van der Waals surface area contributed by atoms with Gasteiger partial charge in [-0.1, -0.05) is 13.8 Å². The number of anilines is 2. The van der Waals surface area contributed by atoms with Crippen LogP contribution in [0.1, 0.15) is 27.2 Å². The molecule has 0 spiro atoms. The fraction of sp³-hybridized carbons (Fsp3) is 0.444. The summed E-state index contributed by atoms with van der Waals surface area (Å²) in [5, 5.41) is 12.3. The van der Waals surface area contributed by atoms with Crippen molar-refractivity contribution in [3.63, 3.8) is 0 Å². The summed E-state index contributed by atoms with van der Waals surface area (Å²) in [4.78, 5) is 16.1. The number of hydrogen-bond acceptors (Lipinski definition) is 10. The van der Waals surface area contributed by atoms with Crippen LogP contribution in [-0.2, 0) is 13.6 Å². The standard InChI is InChI=1S/C27H35N9O3/c1-6-35(7-2)11-12-36-17-21(26(33-36)37-5)19-15-29-24-14-22(19)39-18(3)9-13-38-27-20(16-30-34(27)4)25-28-10-8-23(31-24)32-25/h8,10,14-18H,6-7,9,11-13H2,1-5H3,(H,28,29,31,32)/t18-/m0/s1. The zero-order valence-electron chi connectivity index (χ0n) is 23.1. The molecule has 0 saturated heterocycles. The van der Waals surface area contributed by atoms with Crippen LogP contribution in [0.25, 0.3) is 22.5 Å². The van der Waals surface area contributed by atoms with Crippen LogP contribution >= 0.6 is 0 Å². The van der Waals surface area contributed by atoms with Gasteiger partial charge in [-0.2, -0.15) is 5.10 Å². The molecule has 1 aliphatic heterocycles. The third-order valence-electron chi connectivity index (χ3n) is 6.75. The lowest BCUT2D eigenvalue weighted by atomic mass is 10.1. The number of ether oxygens (including phenoxy) is 3.